The van der Waals surface area contributed by atoms with Crippen LogP contribution in [0.5, 0.6) is 0 Å². The maximum atomic E-state index is 12.6. The summed E-state index contributed by atoms with van der Waals surface area (Å²) in [5.74, 6) is 0. The van der Waals surface area contributed by atoms with Gasteiger partial charge in [-0.2, -0.15) is 4.31 Å². The average molecular weight is 286 g/mol. The number of rotatable bonds is 8. The Balaban J connectivity index is 3.11. The second kappa shape index (κ2) is 7.47. The van der Waals surface area contributed by atoms with Crippen molar-refractivity contribution < 1.29 is 13.5 Å². The van der Waals surface area contributed by atoms with Crippen molar-refractivity contribution in [2.75, 3.05) is 32.1 Å². The predicted octanol–water partition coefficient (Wildman–Crippen LogP) is 1.51. The van der Waals surface area contributed by atoms with Crippen molar-refractivity contribution in [3.05, 3.63) is 24.3 Å². The smallest absolute Gasteiger partial charge is 0.245 e. The van der Waals surface area contributed by atoms with Gasteiger partial charge in [0.2, 0.25) is 10.0 Å². The molecular formula is C13H22N2O3S. The van der Waals surface area contributed by atoms with Gasteiger partial charge in [0.1, 0.15) is 4.90 Å². The quantitative estimate of drug-likeness (QED) is 0.760. The van der Waals surface area contributed by atoms with E-state index in [1.54, 1.807) is 31.3 Å². The molecule has 1 aromatic rings. The molecule has 0 amide bonds. The second-order valence-corrected chi connectivity index (χ2v) is 6.13. The molecule has 6 heteroatoms. The zero-order valence-electron chi connectivity index (χ0n) is 11.5. The van der Waals surface area contributed by atoms with E-state index in [4.69, 9.17) is 5.11 Å². The highest BCUT2D eigenvalue weighted by Crippen LogP contribution is 2.24. The molecule has 0 aliphatic heterocycles. The monoisotopic (exact) mass is 286 g/mol. The second-order valence-electron chi connectivity index (χ2n) is 4.23. The van der Waals surface area contributed by atoms with Gasteiger partial charge in [0.25, 0.3) is 0 Å². The standard InChI is InChI=1S/C13H22N2O3S/c1-3-4-9-15(10-11-16)19(17,18)13-8-6-5-7-12(13)14-2/h5-8,14,16H,3-4,9-11H2,1-2H3. The lowest BCUT2D eigenvalue weighted by molar-refractivity contribution is 0.252. The Kier molecular flexibility index (Phi) is 6.27. The number of nitrogens with zero attached hydrogens (tertiary/aromatic N) is 1. The number of nitrogens with one attached hydrogen (secondary N) is 1. The number of hydrogen-bond donors (Lipinski definition) is 2. The first kappa shape index (κ1) is 15.9. The Morgan fingerprint density at radius 3 is 2.53 bits per heavy atom. The molecule has 19 heavy (non-hydrogen) atoms. The summed E-state index contributed by atoms with van der Waals surface area (Å²) in [6.45, 7) is 2.38. The molecule has 0 radical (unpaired) electrons. The summed E-state index contributed by atoms with van der Waals surface area (Å²) < 4.78 is 26.5. The topological polar surface area (TPSA) is 69.6 Å². The van der Waals surface area contributed by atoms with Gasteiger partial charge in [-0.25, -0.2) is 8.42 Å². The van der Waals surface area contributed by atoms with Crippen LogP contribution in [-0.2, 0) is 10.0 Å². The fourth-order valence-electron chi connectivity index (χ4n) is 1.84. The van der Waals surface area contributed by atoms with E-state index in [0.717, 1.165) is 12.8 Å². The van der Waals surface area contributed by atoms with Gasteiger partial charge in [-0.05, 0) is 18.6 Å². The van der Waals surface area contributed by atoms with Crippen LogP contribution in [0, 0.1) is 0 Å². The normalized spacial score (nSPS) is 11.8. The lowest BCUT2D eigenvalue weighted by Gasteiger charge is -2.22. The zero-order chi connectivity index (χ0) is 14.3. The largest absolute Gasteiger partial charge is 0.395 e. The van der Waals surface area contributed by atoms with Gasteiger partial charge < -0.3 is 10.4 Å². The Morgan fingerprint density at radius 1 is 1.26 bits per heavy atom. The fourth-order valence-corrected chi connectivity index (χ4v) is 3.50. The molecule has 0 unspecified atom stereocenters. The fraction of sp³-hybridized carbons (Fsp3) is 0.538. The molecule has 0 atom stereocenters. The van der Waals surface area contributed by atoms with Crippen LogP contribution < -0.4 is 5.32 Å². The number of unbranched alkanes of at least 4 members (excludes halogenated alkanes) is 1. The SMILES string of the molecule is CCCCN(CCO)S(=O)(=O)c1ccccc1NC. The van der Waals surface area contributed by atoms with Gasteiger partial charge in [0.05, 0.1) is 12.3 Å². The number of aliphatic hydroxyl groups is 1. The van der Waals surface area contributed by atoms with Gasteiger partial charge in [-0.15, -0.1) is 0 Å². The number of sulfonamides is 1. The van der Waals surface area contributed by atoms with Crippen LogP contribution in [0.4, 0.5) is 5.69 Å². The molecule has 0 aliphatic carbocycles. The van der Waals surface area contributed by atoms with Crippen LogP contribution >= 0.6 is 0 Å². The van der Waals surface area contributed by atoms with Crippen molar-refractivity contribution in [2.24, 2.45) is 0 Å². The molecular weight excluding hydrogens is 264 g/mol. The minimum Gasteiger partial charge on any atom is -0.395 e. The molecule has 0 saturated heterocycles. The van der Waals surface area contributed by atoms with Crippen molar-refractivity contribution in [3.8, 4) is 0 Å². The van der Waals surface area contributed by atoms with Crippen LogP contribution in [0.25, 0.3) is 0 Å². The van der Waals surface area contributed by atoms with Crippen molar-refractivity contribution in [2.45, 2.75) is 24.7 Å². The van der Waals surface area contributed by atoms with E-state index in [0.29, 0.717) is 12.2 Å². The lowest BCUT2D eigenvalue weighted by Crippen LogP contribution is -2.34. The molecule has 0 spiro atoms. The molecule has 108 valence electrons. The Bertz CT molecular complexity index is 488. The number of anilines is 1. The van der Waals surface area contributed by atoms with Gasteiger partial charge in [-0.1, -0.05) is 25.5 Å². The van der Waals surface area contributed by atoms with Gasteiger partial charge >= 0.3 is 0 Å². The van der Waals surface area contributed by atoms with Crippen molar-refractivity contribution in [1.82, 2.24) is 4.31 Å². The number of para-hydroxylation sites is 1. The van der Waals surface area contributed by atoms with E-state index in [1.165, 1.54) is 4.31 Å². The first-order valence-corrected chi connectivity index (χ1v) is 7.89. The highest BCUT2D eigenvalue weighted by Gasteiger charge is 2.25. The summed E-state index contributed by atoms with van der Waals surface area (Å²) in [5.41, 5.74) is 0.571. The van der Waals surface area contributed by atoms with Crippen LogP contribution in [0.3, 0.4) is 0 Å². The summed E-state index contributed by atoms with van der Waals surface area (Å²) in [7, 11) is -1.88. The summed E-state index contributed by atoms with van der Waals surface area (Å²) in [6, 6.07) is 6.79. The zero-order valence-corrected chi connectivity index (χ0v) is 12.3. The number of hydrogen-bond acceptors (Lipinski definition) is 4. The molecule has 0 fully saturated rings. The van der Waals surface area contributed by atoms with Crippen molar-refractivity contribution in [3.63, 3.8) is 0 Å². The first-order valence-electron chi connectivity index (χ1n) is 6.45. The van der Waals surface area contributed by atoms with Gasteiger partial charge in [0.15, 0.2) is 0 Å². The van der Waals surface area contributed by atoms with E-state index < -0.39 is 10.0 Å². The maximum absolute atomic E-state index is 12.6. The molecule has 0 aromatic heterocycles. The highest BCUT2D eigenvalue weighted by molar-refractivity contribution is 7.89. The van der Waals surface area contributed by atoms with Crippen LogP contribution in [-0.4, -0.2) is 44.6 Å². The molecule has 0 bridgehead atoms. The van der Waals surface area contributed by atoms with Gasteiger partial charge in [-0.3, -0.25) is 0 Å². The molecule has 0 heterocycles. The van der Waals surface area contributed by atoms with E-state index >= 15 is 0 Å². The minimum atomic E-state index is -3.57. The third-order valence-corrected chi connectivity index (χ3v) is 4.84. The Labute approximate surface area is 115 Å². The molecule has 0 saturated carbocycles. The number of aliphatic hydroxyl groups excluding tert-OH is 1. The summed E-state index contributed by atoms with van der Waals surface area (Å²) in [6.07, 6.45) is 1.69. The molecule has 2 N–H and O–H groups in total. The lowest BCUT2D eigenvalue weighted by atomic mass is 10.3. The van der Waals surface area contributed by atoms with E-state index in [1.807, 2.05) is 6.92 Å². The molecule has 1 aromatic carbocycles. The summed E-state index contributed by atoms with van der Waals surface area (Å²) in [4.78, 5) is 0.252. The van der Waals surface area contributed by atoms with Crippen LogP contribution in [0.1, 0.15) is 19.8 Å². The average Bonchev–Trinajstić information content (AvgIpc) is 2.43. The predicted molar refractivity (Wildman–Crippen MR) is 76.7 cm³/mol. The third kappa shape index (κ3) is 3.92. The third-order valence-electron chi connectivity index (χ3n) is 2.88. The molecule has 0 aliphatic rings. The minimum absolute atomic E-state index is 0.125. The first-order chi connectivity index (χ1) is 9.07. The summed E-state index contributed by atoms with van der Waals surface area (Å²) >= 11 is 0. The van der Waals surface area contributed by atoms with Crippen LogP contribution in [0.2, 0.25) is 0 Å². The van der Waals surface area contributed by atoms with E-state index in [9.17, 15) is 8.42 Å². The van der Waals surface area contributed by atoms with Crippen molar-refractivity contribution in [1.29, 1.82) is 0 Å². The summed E-state index contributed by atoms with van der Waals surface area (Å²) in [5, 5.41) is 11.9. The Hall–Kier alpha value is -1.11. The van der Waals surface area contributed by atoms with E-state index in [2.05, 4.69) is 5.32 Å². The molecule has 1 rings (SSSR count). The number of benzene rings is 1. The highest BCUT2D eigenvalue weighted by atomic mass is 32.2. The Morgan fingerprint density at radius 2 is 1.95 bits per heavy atom. The van der Waals surface area contributed by atoms with Gasteiger partial charge in [0, 0.05) is 20.1 Å². The van der Waals surface area contributed by atoms with Crippen molar-refractivity contribution >= 4 is 15.7 Å². The molecule has 5 nitrogen and oxygen atoms in total. The maximum Gasteiger partial charge on any atom is 0.245 e. The van der Waals surface area contributed by atoms with Crippen LogP contribution in [0.15, 0.2) is 29.2 Å². The van der Waals surface area contributed by atoms with E-state index in [-0.39, 0.29) is 18.0 Å².